The highest BCUT2D eigenvalue weighted by atomic mass is 28.3. The van der Waals surface area contributed by atoms with Crippen LogP contribution in [-0.2, 0) is 6.00 Å². The van der Waals surface area contributed by atoms with Gasteiger partial charge in [0.15, 0.2) is 0 Å². The Balaban J connectivity index is 2.45. The molecule has 158 valence electrons. The van der Waals surface area contributed by atoms with E-state index in [9.17, 15) is 0 Å². The normalized spacial score (nSPS) is 15.4. The lowest BCUT2D eigenvalue weighted by Gasteiger charge is -2.25. The number of aryl methyl sites for hydroxylation is 1. The Hall–Kier alpha value is -2.19. The molecule has 3 aromatic rings. The van der Waals surface area contributed by atoms with Crippen LogP contribution < -0.4 is 0 Å². The molecule has 1 aromatic heterocycles. The first-order valence-electron chi connectivity index (χ1n) is 13.3. The summed E-state index contributed by atoms with van der Waals surface area (Å²) in [4.78, 5) is 4.53. The van der Waals surface area contributed by atoms with Crippen molar-refractivity contribution in [2.75, 3.05) is 0 Å². The third-order valence-corrected chi connectivity index (χ3v) is 6.24. The zero-order valence-corrected chi connectivity index (χ0v) is 20.3. The summed E-state index contributed by atoms with van der Waals surface area (Å²) in [6, 6.07) is 15.6. The number of hydrogen-bond donors (Lipinski definition) is 0. The van der Waals surface area contributed by atoms with E-state index in [4.69, 9.17) is 6.85 Å². The summed E-state index contributed by atoms with van der Waals surface area (Å²) >= 11 is 0. The molecule has 0 amide bonds. The Labute approximate surface area is 191 Å². The molecule has 1 heterocycles. The Bertz CT molecular complexity index is 1160. The molecule has 3 rings (SSSR count). The molecule has 30 heavy (non-hydrogen) atoms. The van der Waals surface area contributed by atoms with E-state index in [1.807, 2.05) is 68.2 Å². The van der Waals surface area contributed by atoms with E-state index in [-0.39, 0.29) is 17.4 Å². The zero-order valence-electron chi connectivity index (χ0n) is 24.3. The Kier molecular flexibility index (Phi) is 4.89. The minimum atomic E-state index is -2.33. The summed E-state index contributed by atoms with van der Waals surface area (Å²) in [7, 11) is -2.20. The number of hydrogen-bond acceptors (Lipinski definition) is 1. The molecule has 0 fully saturated rings. The van der Waals surface area contributed by atoms with Gasteiger partial charge in [-0.05, 0) is 58.6 Å². The van der Waals surface area contributed by atoms with E-state index in [1.165, 1.54) is 6.20 Å². The summed E-state index contributed by atoms with van der Waals surface area (Å²) in [5.41, 5.74) is 6.08. The fourth-order valence-electron chi connectivity index (χ4n) is 3.84. The lowest BCUT2D eigenvalue weighted by atomic mass is 9.82. The predicted molar refractivity (Wildman–Crippen MR) is 135 cm³/mol. The van der Waals surface area contributed by atoms with Crippen molar-refractivity contribution in [2.45, 2.75) is 72.0 Å². The van der Waals surface area contributed by atoms with Gasteiger partial charge in [-0.1, -0.05) is 95.4 Å². The van der Waals surface area contributed by atoms with E-state index < -0.39 is 20.9 Å². The fraction of sp³-hybridized carbons (Fsp3) is 0.393. The van der Waals surface area contributed by atoms with Crippen LogP contribution >= 0.6 is 0 Å². The smallest absolute Gasteiger partial charge is 0.0708 e. The largest absolute Gasteiger partial charge is 0.256 e. The molecular formula is C28H37NSi. The molecular weight excluding hydrogens is 378 g/mol. The molecule has 0 saturated carbocycles. The van der Waals surface area contributed by atoms with Gasteiger partial charge >= 0.3 is 0 Å². The van der Waals surface area contributed by atoms with Crippen molar-refractivity contribution >= 4 is 8.07 Å². The van der Waals surface area contributed by atoms with E-state index in [0.29, 0.717) is 11.1 Å². The monoisotopic (exact) mass is 420 g/mol. The highest BCUT2D eigenvalue weighted by Crippen LogP contribution is 2.40. The number of nitrogens with zero attached hydrogens (tertiary/aromatic N) is 1. The summed E-state index contributed by atoms with van der Waals surface area (Å²) in [5.74, 6) is -1.26. The van der Waals surface area contributed by atoms with Crippen molar-refractivity contribution in [3.8, 4) is 22.4 Å². The molecule has 0 bridgehead atoms. The highest BCUT2D eigenvalue weighted by Gasteiger charge is 2.22. The maximum atomic E-state index is 8.99. The van der Waals surface area contributed by atoms with Gasteiger partial charge in [-0.25, -0.2) is 0 Å². The number of benzene rings is 2. The number of pyridine rings is 1. The van der Waals surface area contributed by atoms with E-state index >= 15 is 0 Å². The zero-order chi connectivity index (χ0) is 26.3. The first-order valence-corrected chi connectivity index (χ1v) is 14.3. The fourth-order valence-corrected chi connectivity index (χ4v) is 4.85. The van der Waals surface area contributed by atoms with E-state index in [0.717, 1.165) is 27.9 Å². The number of rotatable bonds is 6. The SMILES string of the molecule is [2H]C([2H])([2H])c1cnc(-c2ccccc2)cc1-c1c(C(C)C)cc(C([2H])([2H])[Si](C)(C)C)cc1C(C)C. The molecule has 2 aromatic carbocycles. The Morgan fingerprint density at radius 1 is 0.933 bits per heavy atom. The standard InChI is InChI=1S/C28H37NSi/c1-19(2)24-14-22(18-30(6,7)8)15-25(20(3)4)28(24)26-16-27(29-17-21(26)5)23-12-10-9-11-13-23/h9-17,19-20H,18H2,1-8H3/i5D3,18D2. The van der Waals surface area contributed by atoms with Gasteiger partial charge in [0, 0.05) is 26.7 Å². The maximum absolute atomic E-state index is 8.99. The molecule has 0 unspecified atom stereocenters. The lowest BCUT2D eigenvalue weighted by molar-refractivity contribution is 0.833. The summed E-state index contributed by atoms with van der Waals surface area (Å²) < 4.78 is 42.7. The van der Waals surface area contributed by atoms with Crippen molar-refractivity contribution in [1.29, 1.82) is 0 Å². The van der Waals surface area contributed by atoms with Crippen molar-refractivity contribution in [3.05, 3.63) is 77.0 Å². The Morgan fingerprint density at radius 2 is 1.53 bits per heavy atom. The molecule has 0 saturated heterocycles. The number of aromatic nitrogens is 1. The topological polar surface area (TPSA) is 12.9 Å². The lowest BCUT2D eigenvalue weighted by Crippen LogP contribution is -2.24. The maximum Gasteiger partial charge on any atom is 0.0708 e. The van der Waals surface area contributed by atoms with Crippen LogP contribution in [-0.4, -0.2) is 13.1 Å². The highest BCUT2D eigenvalue weighted by molar-refractivity contribution is 6.75. The third-order valence-electron chi connectivity index (χ3n) is 5.21. The molecule has 0 spiro atoms. The summed E-state index contributed by atoms with van der Waals surface area (Å²) in [6.07, 6.45) is 1.49. The van der Waals surface area contributed by atoms with Crippen LogP contribution in [0.1, 0.15) is 68.6 Å². The van der Waals surface area contributed by atoms with Gasteiger partial charge in [-0.3, -0.25) is 4.98 Å². The van der Waals surface area contributed by atoms with Crippen LogP contribution in [0.25, 0.3) is 22.4 Å². The van der Waals surface area contributed by atoms with Crippen LogP contribution in [0.3, 0.4) is 0 Å². The van der Waals surface area contributed by atoms with Crippen LogP contribution in [0.4, 0.5) is 0 Å². The molecule has 0 atom stereocenters. The average molecular weight is 421 g/mol. The van der Waals surface area contributed by atoms with Crippen molar-refractivity contribution < 1.29 is 6.85 Å². The van der Waals surface area contributed by atoms with Crippen molar-refractivity contribution in [1.82, 2.24) is 4.98 Å². The molecule has 2 heteroatoms. The van der Waals surface area contributed by atoms with E-state index in [1.54, 1.807) is 0 Å². The molecule has 0 N–H and O–H groups in total. The van der Waals surface area contributed by atoms with Crippen LogP contribution in [0, 0.1) is 6.85 Å². The molecule has 0 aliphatic rings. The van der Waals surface area contributed by atoms with Crippen LogP contribution in [0.2, 0.25) is 19.6 Å². The minimum absolute atomic E-state index is 0.0812. The van der Waals surface area contributed by atoms with Crippen molar-refractivity contribution in [3.63, 3.8) is 0 Å². The third kappa shape index (κ3) is 5.10. The van der Waals surface area contributed by atoms with Crippen LogP contribution in [0.15, 0.2) is 54.7 Å². The van der Waals surface area contributed by atoms with Crippen molar-refractivity contribution in [2.24, 2.45) is 0 Å². The van der Waals surface area contributed by atoms with Gasteiger partial charge in [0.2, 0.25) is 0 Å². The second kappa shape index (κ2) is 8.89. The van der Waals surface area contributed by atoms with Gasteiger partial charge in [0.25, 0.3) is 0 Å². The summed E-state index contributed by atoms with van der Waals surface area (Å²) in [5, 5.41) is 0. The summed E-state index contributed by atoms with van der Waals surface area (Å²) in [6.45, 7) is 12.2. The van der Waals surface area contributed by atoms with E-state index in [2.05, 4.69) is 32.7 Å². The molecule has 0 radical (unpaired) electrons. The second-order valence-electron chi connectivity index (χ2n) is 9.70. The first-order chi connectivity index (χ1) is 16.1. The van der Waals surface area contributed by atoms with Gasteiger partial charge < -0.3 is 0 Å². The van der Waals surface area contributed by atoms with Gasteiger partial charge in [-0.2, -0.15) is 0 Å². The quantitative estimate of drug-likeness (QED) is 0.365. The minimum Gasteiger partial charge on any atom is -0.256 e. The molecule has 1 nitrogen and oxygen atoms in total. The van der Waals surface area contributed by atoms with Gasteiger partial charge in [-0.15, -0.1) is 0 Å². The Morgan fingerprint density at radius 3 is 2.03 bits per heavy atom. The first kappa shape index (κ1) is 16.5. The molecule has 0 aliphatic heterocycles. The van der Waals surface area contributed by atoms with Gasteiger partial charge in [0.1, 0.15) is 0 Å². The van der Waals surface area contributed by atoms with Gasteiger partial charge in [0.05, 0.1) is 5.69 Å². The second-order valence-corrected chi connectivity index (χ2v) is 14.4. The average Bonchev–Trinajstić information content (AvgIpc) is 2.76. The predicted octanol–water partition coefficient (Wildman–Crippen LogP) is 8.39. The molecule has 0 aliphatic carbocycles. The van der Waals surface area contributed by atoms with Crippen LogP contribution in [0.5, 0.6) is 0 Å².